The lowest BCUT2D eigenvalue weighted by molar-refractivity contribution is 0.0698. The number of para-hydroxylation sites is 1. The molecule has 0 radical (unpaired) electrons. The molecule has 4 nitrogen and oxygen atoms in total. The first-order chi connectivity index (χ1) is 9.20. The summed E-state index contributed by atoms with van der Waals surface area (Å²) in [5.41, 5.74) is 1.10. The van der Waals surface area contributed by atoms with Gasteiger partial charge in [0.05, 0.1) is 5.56 Å². The molecule has 1 aromatic carbocycles. The van der Waals surface area contributed by atoms with Crippen molar-refractivity contribution in [2.75, 3.05) is 25.0 Å². The third kappa shape index (κ3) is 3.70. The first kappa shape index (κ1) is 13.9. The number of hydrogen-bond acceptors (Lipinski definition) is 3. The second-order valence-electron chi connectivity index (χ2n) is 5.11. The Labute approximate surface area is 114 Å². The van der Waals surface area contributed by atoms with Crippen molar-refractivity contribution in [1.82, 2.24) is 4.90 Å². The molecule has 0 unspecified atom stereocenters. The molecule has 0 amide bonds. The van der Waals surface area contributed by atoms with E-state index in [1.165, 1.54) is 13.0 Å². The number of aromatic carboxylic acids is 1. The number of rotatable bonds is 5. The van der Waals surface area contributed by atoms with E-state index in [2.05, 4.69) is 17.1 Å². The van der Waals surface area contributed by atoms with E-state index in [0.717, 1.165) is 31.6 Å². The SMILES string of the molecule is CCCN1CCC(Nc2ccccc2C(=O)O)CC1. The van der Waals surface area contributed by atoms with Gasteiger partial charge in [-0.25, -0.2) is 4.79 Å². The molecule has 1 heterocycles. The highest BCUT2D eigenvalue weighted by molar-refractivity contribution is 5.94. The molecule has 104 valence electrons. The minimum absolute atomic E-state index is 0.360. The number of nitrogens with one attached hydrogen (secondary N) is 1. The number of carbonyl (C=O) groups is 1. The number of likely N-dealkylation sites (tertiary alicyclic amines) is 1. The Morgan fingerprint density at radius 1 is 1.37 bits per heavy atom. The topological polar surface area (TPSA) is 52.6 Å². The fourth-order valence-electron chi connectivity index (χ4n) is 2.63. The first-order valence-electron chi connectivity index (χ1n) is 7.02. The summed E-state index contributed by atoms with van der Waals surface area (Å²) in [5, 5.41) is 12.5. The summed E-state index contributed by atoms with van der Waals surface area (Å²) in [6.45, 7) is 5.56. The van der Waals surface area contributed by atoms with Gasteiger partial charge in [-0.1, -0.05) is 19.1 Å². The van der Waals surface area contributed by atoms with Crippen molar-refractivity contribution in [3.63, 3.8) is 0 Å². The molecule has 0 saturated carbocycles. The van der Waals surface area contributed by atoms with Crippen LogP contribution in [0.1, 0.15) is 36.5 Å². The van der Waals surface area contributed by atoms with Gasteiger partial charge in [-0.2, -0.15) is 0 Å². The van der Waals surface area contributed by atoms with E-state index >= 15 is 0 Å². The molecular formula is C15H22N2O2. The second kappa shape index (κ2) is 6.57. The van der Waals surface area contributed by atoms with E-state index in [9.17, 15) is 4.79 Å². The molecule has 1 aliphatic rings. The molecule has 4 heteroatoms. The van der Waals surface area contributed by atoms with E-state index in [0.29, 0.717) is 11.6 Å². The molecule has 0 bridgehead atoms. The van der Waals surface area contributed by atoms with Gasteiger partial charge in [0, 0.05) is 24.8 Å². The van der Waals surface area contributed by atoms with Crippen molar-refractivity contribution in [2.45, 2.75) is 32.2 Å². The minimum Gasteiger partial charge on any atom is -0.478 e. The Morgan fingerprint density at radius 2 is 2.05 bits per heavy atom. The summed E-state index contributed by atoms with van der Waals surface area (Å²) < 4.78 is 0. The molecule has 1 fully saturated rings. The number of carboxylic acids is 1. The van der Waals surface area contributed by atoms with Gasteiger partial charge in [0.1, 0.15) is 0 Å². The summed E-state index contributed by atoms with van der Waals surface area (Å²) in [6, 6.07) is 7.52. The third-order valence-corrected chi connectivity index (χ3v) is 3.64. The molecule has 1 aliphatic heterocycles. The summed E-state index contributed by atoms with van der Waals surface area (Å²) in [4.78, 5) is 13.6. The molecule has 1 aromatic rings. The molecule has 19 heavy (non-hydrogen) atoms. The van der Waals surface area contributed by atoms with Crippen molar-refractivity contribution >= 4 is 11.7 Å². The van der Waals surface area contributed by atoms with E-state index in [4.69, 9.17) is 5.11 Å². The highest BCUT2D eigenvalue weighted by atomic mass is 16.4. The van der Waals surface area contributed by atoms with Crippen LogP contribution in [-0.2, 0) is 0 Å². The molecule has 0 aromatic heterocycles. The largest absolute Gasteiger partial charge is 0.478 e. The monoisotopic (exact) mass is 262 g/mol. The summed E-state index contributed by atoms with van der Waals surface area (Å²) >= 11 is 0. The average molecular weight is 262 g/mol. The minimum atomic E-state index is -0.869. The molecule has 0 spiro atoms. The quantitative estimate of drug-likeness (QED) is 0.856. The molecule has 0 aliphatic carbocycles. The van der Waals surface area contributed by atoms with Crippen LogP contribution in [0.25, 0.3) is 0 Å². The van der Waals surface area contributed by atoms with Gasteiger partial charge < -0.3 is 15.3 Å². The normalized spacial score (nSPS) is 17.3. The van der Waals surface area contributed by atoms with Crippen molar-refractivity contribution in [2.24, 2.45) is 0 Å². The fourth-order valence-corrected chi connectivity index (χ4v) is 2.63. The van der Waals surface area contributed by atoms with Crippen molar-refractivity contribution in [3.05, 3.63) is 29.8 Å². The standard InChI is InChI=1S/C15H22N2O2/c1-2-9-17-10-7-12(8-11-17)16-14-6-4-3-5-13(14)15(18)19/h3-6,12,16H,2,7-11H2,1H3,(H,18,19). The molecule has 0 atom stereocenters. The number of carboxylic acid groups (broad SMARTS) is 1. The van der Waals surface area contributed by atoms with Crippen LogP contribution in [0.15, 0.2) is 24.3 Å². The molecule has 2 N–H and O–H groups in total. The van der Waals surface area contributed by atoms with Gasteiger partial charge in [-0.15, -0.1) is 0 Å². The lowest BCUT2D eigenvalue weighted by Gasteiger charge is -2.32. The Balaban J connectivity index is 1.94. The van der Waals surface area contributed by atoms with Crippen molar-refractivity contribution in [1.29, 1.82) is 0 Å². The van der Waals surface area contributed by atoms with E-state index < -0.39 is 5.97 Å². The van der Waals surface area contributed by atoms with Gasteiger partial charge in [-0.05, 0) is 37.9 Å². The first-order valence-corrected chi connectivity index (χ1v) is 7.02. The third-order valence-electron chi connectivity index (χ3n) is 3.64. The maximum atomic E-state index is 11.2. The number of anilines is 1. The second-order valence-corrected chi connectivity index (χ2v) is 5.11. The van der Waals surface area contributed by atoms with Crippen LogP contribution < -0.4 is 5.32 Å². The molecular weight excluding hydrogens is 240 g/mol. The van der Waals surface area contributed by atoms with Crippen LogP contribution in [0.5, 0.6) is 0 Å². The van der Waals surface area contributed by atoms with Crippen LogP contribution in [-0.4, -0.2) is 41.7 Å². The smallest absolute Gasteiger partial charge is 0.337 e. The number of piperidine rings is 1. The van der Waals surface area contributed by atoms with Gasteiger partial charge >= 0.3 is 5.97 Å². The van der Waals surface area contributed by atoms with Crippen LogP contribution in [0.2, 0.25) is 0 Å². The zero-order valence-corrected chi connectivity index (χ0v) is 11.4. The Bertz CT molecular complexity index is 426. The highest BCUT2D eigenvalue weighted by Crippen LogP contribution is 2.20. The average Bonchev–Trinajstić information content (AvgIpc) is 2.42. The van der Waals surface area contributed by atoms with Gasteiger partial charge in [0.2, 0.25) is 0 Å². The van der Waals surface area contributed by atoms with Gasteiger partial charge in [0.15, 0.2) is 0 Å². The van der Waals surface area contributed by atoms with Crippen molar-refractivity contribution in [3.8, 4) is 0 Å². The summed E-state index contributed by atoms with van der Waals surface area (Å²) in [6.07, 6.45) is 3.35. The maximum Gasteiger partial charge on any atom is 0.337 e. The Hall–Kier alpha value is -1.55. The van der Waals surface area contributed by atoms with E-state index in [-0.39, 0.29) is 0 Å². The maximum absolute atomic E-state index is 11.2. The van der Waals surface area contributed by atoms with Crippen LogP contribution in [0.4, 0.5) is 5.69 Å². The van der Waals surface area contributed by atoms with Crippen molar-refractivity contribution < 1.29 is 9.90 Å². The van der Waals surface area contributed by atoms with Gasteiger partial charge in [-0.3, -0.25) is 0 Å². The summed E-state index contributed by atoms with van der Waals surface area (Å²) in [5.74, 6) is -0.869. The van der Waals surface area contributed by atoms with Gasteiger partial charge in [0.25, 0.3) is 0 Å². The van der Waals surface area contributed by atoms with Crippen LogP contribution in [0, 0.1) is 0 Å². The van der Waals surface area contributed by atoms with E-state index in [1.54, 1.807) is 12.1 Å². The predicted molar refractivity (Wildman–Crippen MR) is 76.8 cm³/mol. The zero-order chi connectivity index (χ0) is 13.7. The highest BCUT2D eigenvalue weighted by Gasteiger charge is 2.19. The zero-order valence-electron chi connectivity index (χ0n) is 11.4. The Kier molecular flexibility index (Phi) is 4.80. The lowest BCUT2D eigenvalue weighted by atomic mass is 10.0. The van der Waals surface area contributed by atoms with E-state index in [1.807, 2.05) is 12.1 Å². The predicted octanol–water partition coefficient (Wildman–Crippen LogP) is 2.67. The fraction of sp³-hybridized carbons (Fsp3) is 0.533. The number of benzene rings is 1. The summed E-state index contributed by atoms with van der Waals surface area (Å²) in [7, 11) is 0. The number of nitrogens with zero attached hydrogens (tertiary/aromatic N) is 1. The molecule has 1 saturated heterocycles. The lowest BCUT2D eigenvalue weighted by Crippen LogP contribution is -2.39. The van der Waals surface area contributed by atoms with Crippen LogP contribution >= 0.6 is 0 Å². The van der Waals surface area contributed by atoms with Crippen LogP contribution in [0.3, 0.4) is 0 Å². The number of hydrogen-bond donors (Lipinski definition) is 2. The molecule has 2 rings (SSSR count). The Morgan fingerprint density at radius 3 is 2.68 bits per heavy atom.